The van der Waals surface area contributed by atoms with Gasteiger partial charge in [0.1, 0.15) is 0 Å². The van der Waals surface area contributed by atoms with Crippen molar-refractivity contribution in [2.24, 2.45) is 5.84 Å². The van der Waals surface area contributed by atoms with Crippen LogP contribution in [-0.2, 0) is 12.8 Å². The highest BCUT2D eigenvalue weighted by atomic mass is 15.3. The molecule has 0 aliphatic rings. The summed E-state index contributed by atoms with van der Waals surface area (Å²) in [5.74, 6) is 5.15. The molecule has 0 saturated heterocycles. The molecule has 1 rings (SSSR count). The van der Waals surface area contributed by atoms with Crippen molar-refractivity contribution in [2.45, 2.75) is 26.2 Å². The summed E-state index contributed by atoms with van der Waals surface area (Å²) in [5.41, 5.74) is 5.37. The van der Waals surface area contributed by atoms with Crippen molar-refractivity contribution >= 4 is 0 Å². The third-order valence-electron chi connectivity index (χ3n) is 2.38. The van der Waals surface area contributed by atoms with E-state index in [-0.39, 0.29) is 0 Å². The van der Waals surface area contributed by atoms with E-state index in [9.17, 15) is 0 Å². The molecule has 3 heteroatoms. The number of hydrogen-bond donors (Lipinski definition) is 3. The molecule has 0 spiro atoms. The predicted molar refractivity (Wildman–Crippen MR) is 64.3 cm³/mol. The molecular formula is C12H21N3. The van der Waals surface area contributed by atoms with Crippen LogP contribution in [0.4, 0.5) is 0 Å². The van der Waals surface area contributed by atoms with Crippen LogP contribution in [-0.4, -0.2) is 13.2 Å². The summed E-state index contributed by atoms with van der Waals surface area (Å²) in [6.07, 6.45) is 3.44. The number of hydrogen-bond acceptors (Lipinski definition) is 3. The Morgan fingerprint density at radius 2 is 1.67 bits per heavy atom. The molecule has 4 N–H and O–H groups in total. The molecule has 0 radical (unpaired) electrons. The van der Waals surface area contributed by atoms with Crippen molar-refractivity contribution in [3.8, 4) is 0 Å². The van der Waals surface area contributed by atoms with Gasteiger partial charge in [0.2, 0.25) is 0 Å². The molecule has 0 heterocycles. The van der Waals surface area contributed by atoms with Crippen molar-refractivity contribution in [1.82, 2.24) is 10.7 Å². The predicted octanol–water partition coefficient (Wildman–Crippen LogP) is 1.19. The Labute approximate surface area is 92.0 Å². The zero-order valence-corrected chi connectivity index (χ0v) is 9.42. The lowest BCUT2D eigenvalue weighted by Crippen LogP contribution is -2.34. The first-order valence-corrected chi connectivity index (χ1v) is 5.58. The maximum Gasteiger partial charge on any atom is 0.0587 e. The Hall–Kier alpha value is -0.900. The minimum atomic E-state index is 0.661. The van der Waals surface area contributed by atoms with Crippen LogP contribution in [0.2, 0.25) is 0 Å². The Bertz CT molecular complexity index is 256. The van der Waals surface area contributed by atoms with Crippen LogP contribution >= 0.6 is 0 Å². The molecule has 0 unspecified atom stereocenters. The molecule has 1 aromatic carbocycles. The first-order chi connectivity index (χ1) is 7.36. The minimum Gasteiger partial charge on any atom is -0.303 e. The van der Waals surface area contributed by atoms with Crippen LogP contribution in [0, 0.1) is 0 Å². The Balaban J connectivity index is 2.29. The quantitative estimate of drug-likeness (QED) is 0.272. The van der Waals surface area contributed by atoms with Crippen molar-refractivity contribution in [1.29, 1.82) is 0 Å². The van der Waals surface area contributed by atoms with Gasteiger partial charge in [-0.1, -0.05) is 37.6 Å². The highest BCUT2D eigenvalue weighted by Crippen LogP contribution is 2.06. The van der Waals surface area contributed by atoms with E-state index in [0.717, 1.165) is 13.0 Å². The van der Waals surface area contributed by atoms with E-state index in [0.29, 0.717) is 6.67 Å². The Morgan fingerprint density at radius 3 is 2.20 bits per heavy atom. The second kappa shape index (κ2) is 7.40. The fourth-order valence-electron chi connectivity index (χ4n) is 1.55. The van der Waals surface area contributed by atoms with Crippen LogP contribution in [0.5, 0.6) is 0 Å². The van der Waals surface area contributed by atoms with E-state index in [1.54, 1.807) is 0 Å². The average Bonchev–Trinajstić information content (AvgIpc) is 2.27. The van der Waals surface area contributed by atoms with E-state index in [2.05, 4.69) is 41.9 Å². The first-order valence-electron chi connectivity index (χ1n) is 5.58. The zero-order chi connectivity index (χ0) is 10.9. The highest BCUT2D eigenvalue weighted by molar-refractivity contribution is 5.22. The van der Waals surface area contributed by atoms with Gasteiger partial charge in [-0.3, -0.25) is 5.84 Å². The number of nitrogens with two attached hydrogens (primary N) is 1. The van der Waals surface area contributed by atoms with E-state index in [1.165, 1.54) is 24.0 Å². The van der Waals surface area contributed by atoms with E-state index in [4.69, 9.17) is 5.84 Å². The number of aryl methyl sites for hydroxylation is 1. The molecule has 0 aromatic heterocycles. The largest absolute Gasteiger partial charge is 0.303 e. The number of rotatable bonds is 7. The van der Waals surface area contributed by atoms with Gasteiger partial charge >= 0.3 is 0 Å². The zero-order valence-electron chi connectivity index (χ0n) is 9.42. The van der Waals surface area contributed by atoms with E-state index in [1.807, 2.05) is 0 Å². The maximum absolute atomic E-state index is 5.15. The fourth-order valence-corrected chi connectivity index (χ4v) is 1.55. The minimum absolute atomic E-state index is 0.661. The Kier molecular flexibility index (Phi) is 6.00. The second-order valence-corrected chi connectivity index (χ2v) is 3.70. The van der Waals surface area contributed by atoms with Crippen LogP contribution in [0.25, 0.3) is 0 Å². The monoisotopic (exact) mass is 207 g/mol. The average molecular weight is 207 g/mol. The van der Waals surface area contributed by atoms with Crippen molar-refractivity contribution in [2.75, 3.05) is 13.2 Å². The lowest BCUT2D eigenvalue weighted by atomic mass is 10.1. The summed E-state index contributed by atoms with van der Waals surface area (Å²) in [6.45, 7) is 3.82. The topological polar surface area (TPSA) is 50.1 Å². The van der Waals surface area contributed by atoms with Crippen LogP contribution < -0.4 is 16.6 Å². The van der Waals surface area contributed by atoms with Gasteiger partial charge in [-0.25, -0.2) is 5.43 Å². The lowest BCUT2D eigenvalue weighted by molar-refractivity contribution is 0.602. The van der Waals surface area contributed by atoms with Gasteiger partial charge in [-0.05, 0) is 24.0 Å². The molecule has 0 saturated carbocycles. The molecule has 0 aliphatic carbocycles. The fraction of sp³-hybridized carbons (Fsp3) is 0.500. The van der Waals surface area contributed by atoms with Gasteiger partial charge in [0.05, 0.1) is 6.67 Å². The van der Waals surface area contributed by atoms with Crippen molar-refractivity contribution < 1.29 is 0 Å². The second-order valence-electron chi connectivity index (χ2n) is 3.70. The van der Waals surface area contributed by atoms with Gasteiger partial charge in [0, 0.05) is 6.54 Å². The van der Waals surface area contributed by atoms with Crippen LogP contribution in [0.1, 0.15) is 24.5 Å². The van der Waals surface area contributed by atoms with Gasteiger partial charge in [-0.15, -0.1) is 0 Å². The van der Waals surface area contributed by atoms with Crippen LogP contribution in [0.3, 0.4) is 0 Å². The summed E-state index contributed by atoms with van der Waals surface area (Å²) < 4.78 is 0. The molecular weight excluding hydrogens is 186 g/mol. The summed E-state index contributed by atoms with van der Waals surface area (Å²) >= 11 is 0. The van der Waals surface area contributed by atoms with Crippen molar-refractivity contribution in [3.05, 3.63) is 35.4 Å². The third-order valence-corrected chi connectivity index (χ3v) is 2.38. The molecule has 0 amide bonds. The van der Waals surface area contributed by atoms with E-state index >= 15 is 0 Å². The number of hydrazine groups is 1. The molecule has 0 bridgehead atoms. The van der Waals surface area contributed by atoms with Gasteiger partial charge in [-0.2, -0.15) is 0 Å². The normalized spacial score (nSPS) is 10.5. The Morgan fingerprint density at radius 1 is 1.07 bits per heavy atom. The van der Waals surface area contributed by atoms with Crippen LogP contribution in [0.15, 0.2) is 24.3 Å². The first kappa shape index (κ1) is 12.2. The number of benzene rings is 1. The summed E-state index contributed by atoms with van der Waals surface area (Å²) in [6, 6.07) is 8.87. The SMILES string of the molecule is CCCc1ccc(CCNCNN)cc1. The standard InChI is InChI=1S/C12H21N3/c1-2-3-11-4-6-12(7-5-11)8-9-14-10-15-13/h4-7,14-15H,2-3,8-10,13H2,1H3. The van der Waals surface area contributed by atoms with Crippen molar-refractivity contribution in [3.63, 3.8) is 0 Å². The number of nitrogens with one attached hydrogen (secondary N) is 2. The highest BCUT2D eigenvalue weighted by Gasteiger charge is 1.94. The molecule has 3 nitrogen and oxygen atoms in total. The maximum atomic E-state index is 5.15. The molecule has 0 aliphatic heterocycles. The lowest BCUT2D eigenvalue weighted by Gasteiger charge is -2.05. The van der Waals surface area contributed by atoms with E-state index < -0.39 is 0 Å². The molecule has 0 fully saturated rings. The molecule has 15 heavy (non-hydrogen) atoms. The summed E-state index contributed by atoms with van der Waals surface area (Å²) in [4.78, 5) is 0. The smallest absolute Gasteiger partial charge is 0.0587 e. The van der Waals surface area contributed by atoms with Gasteiger partial charge in [0.25, 0.3) is 0 Å². The van der Waals surface area contributed by atoms with Gasteiger partial charge in [0.15, 0.2) is 0 Å². The molecule has 84 valence electrons. The molecule has 1 aromatic rings. The molecule has 0 atom stereocenters. The third kappa shape index (κ3) is 4.93. The van der Waals surface area contributed by atoms with Gasteiger partial charge < -0.3 is 5.32 Å². The summed E-state index contributed by atoms with van der Waals surface area (Å²) in [5, 5.41) is 3.19. The summed E-state index contributed by atoms with van der Waals surface area (Å²) in [7, 11) is 0.